The van der Waals surface area contributed by atoms with Crippen LogP contribution in [0.25, 0.3) is 0 Å². The standard InChI is InChI=1S/C11H16ClN3O/c1-16-10-2-5-13-11(14-10)15-6-3-9(8-12)4-7-15/h2,5,9H,3-4,6-8H2,1H3. The minimum absolute atomic E-state index is 0.615. The number of methoxy groups -OCH3 is 1. The van der Waals surface area contributed by atoms with Crippen LogP contribution in [0.15, 0.2) is 12.3 Å². The van der Waals surface area contributed by atoms with Crippen LogP contribution in [0.2, 0.25) is 0 Å². The van der Waals surface area contributed by atoms with E-state index in [0.29, 0.717) is 11.8 Å². The van der Waals surface area contributed by atoms with Crippen LogP contribution >= 0.6 is 11.6 Å². The van der Waals surface area contributed by atoms with E-state index in [-0.39, 0.29) is 0 Å². The van der Waals surface area contributed by atoms with Crippen LogP contribution in [0.3, 0.4) is 0 Å². The summed E-state index contributed by atoms with van der Waals surface area (Å²) >= 11 is 5.85. The summed E-state index contributed by atoms with van der Waals surface area (Å²) < 4.78 is 5.09. The highest BCUT2D eigenvalue weighted by Crippen LogP contribution is 2.22. The molecule has 0 amide bonds. The highest BCUT2D eigenvalue weighted by molar-refractivity contribution is 6.18. The maximum absolute atomic E-state index is 5.85. The molecule has 0 atom stereocenters. The molecule has 2 heterocycles. The van der Waals surface area contributed by atoms with Gasteiger partial charge in [0.15, 0.2) is 0 Å². The highest BCUT2D eigenvalue weighted by atomic mass is 35.5. The van der Waals surface area contributed by atoms with E-state index in [2.05, 4.69) is 14.9 Å². The molecular formula is C11H16ClN3O. The van der Waals surface area contributed by atoms with E-state index in [1.807, 2.05) is 0 Å². The molecule has 1 aromatic rings. The van der Waals surface area contributed by atoms with Gasteiger partial charge in [0.05, 0.1) is 7.11 Å². The fourth-order valence-corrected chi connectivity index (χ4v) is 2.19. The molecule has 0 aliphatic carbocycles. The Labute approximate surface area is 101 Å². The molecule has 0 bridgehead atoms. The second-order valence-electron chi connectivity index (χ2n) is 3.98. The lowest BCUT2D eigenvalue weighted by Gasteiger charge is -2.30. The lowest BCUT2D eigenvalue weighted by molar-refractivity contribution is 0.393. The first-order valence-corrected chi connectivity index (χ1v) is 6.05. The van der Waals surface area contributed by atoms with Crippen molar-refractivity contribution in [3.63, 3.8) is 0 Å². The van der Waals surface area contributed by atoms with Crippen LogP contribution in [-0.2, 0) is 0 Å². The molecule has 4 nitrogen and oxygen atoms in total. The number of rotatable bonds is 3. The molecule has 0 aromatic carbocycles. The molecule has 1 saturated heterocycles. The van der Waals surface area contributed by atoms with Crippen molar-refractivity contribution in [3.05, 3.63) is 12.3 Å². The minimum Gasteiger partial charge on any atom is -0.481 e. The van der Waals surface area contributed by atoms with Crippen LogP contribution in [0, 0.1) is 5.92 Å². The summed E-state index contributed by atoms with van der Waals surface area (Å²) in [6.07, 6.45) is 3.96. The van der Waals surface area contributed by atoms with Crippen LogP contribution in [-0.4, -0.2) is 36.0 Å². The Morgan fingerprint density at radius 1 is 1.50 bits per heavy atom. The number of hydrogen-bond acceptors (Lipinski definition) is 4. The summed E-state index contributed by atoms with van der Waals surface area (Å²) in [6, 6.07) is 1.76. The number of anilines is 1. The van der Waals surface area contributed by atoms with Crippen LogP contribution in [0.1, 0.15) is 12.8 Å². The highest BCUT2D eigenvalue weighted by Gasteiger charge is 2.20. The molecule has 16 heavy (non-hydrogen) atoms. The summed E-state index contributed by atoms with van der Waals surface area (Å²) in [7, 11) is 1.62. The van der Waals surface area contributed by atoms with Crippen molar-refractivity contribution in [1.29, 1.82) is 0 Å². The second-order valence-corrected chi connectivity index (χ2v) is 4.29. The quantitative estimate of drug-likeness (QED) is 0.759. The van der Waals surface area contributed by atoms with Gasteiger partial charge in [0.1, 0.15) is 0 Å². The molecule has 1 aromatic heterocycles. The van der Waals surface area contributed by atoms with Gasteiger partial charge in [-0.2, -0.15) is 4.98 Å². The summed E-state index contributed by atoms with van der Waals surface area (Å²) in [5, 5.41) is 0. The van der Waals surface area contributed by atoms with Crippen molar-refractivity contribution >= 4 is 17.5 Å². The molecular weight excluding hydrogens is 226 g/mol. The van der Waals surface area contributed by atoms with Gasteiger partial charge in [-0.15, -0.1) is 11.6 Å². The molecule has 0 unspecified atom stereocenters. The van der Waals surface area contributed by atoms with Crippen LogP contribution < -0.4 is 9.64 Å². The van der Waals surface area contributed by atoms with Crippen LogP contribution in [0.4, 0.5) is 5.95 Å². The maximum atomic E-state index is 5.85. The molecule has 0 radical (unpaired) electrons. The first-order chi connectivity index (χ1) is 7.83. The van der Waals surface area contributed by atoms with Crippen molar-refractivity contribution in [2.24, 2.45) is 5.92 Å². The van der Waals surface area contributed by atoms with E-state index >= 15 is 0 Å². The fourth-order valence-electron chi connectivity index (χ4n) is 1.89. The molecule has 0 saturated carbocycles. The van der Waals surface area contributed by atoms with Gasteiger partial charge < -0.3 is 9.64 Å². The topological polar surface area (TPSA) is 38.2 Å². The predicted molar refractivity (Wildman–Crippen MR) is 64.2 cm³/mol. The van der Waals surface area contributed by atoms with Crippen molar-refractivity contribution in [2.75, 3.05) is 31.0 Å². The normalized spacial score (nSPS) is 17.5. The first-order valence-electron chi connectivity index (χ1n) is 5.51. The number of halogens is 1. The smallest absolute Gasteiger partial charge is 0.228 e. The van der Waals surface area contributed by atoms with E-state index < -0.39 is 0 Å². The summed E-state index contributed by atoms with van der Waals surface area (Å²) in [5.41, 5.74) is 0. The fraction of sp³-hybridized carbons (Fsp3) is 0.636. The Hall–Kier alpha value is -1.03. The third-order valence-corrected chi connectivity index (χ3v) is 3.38. The van der Waals surface area contributed by atoms with Gasteiger partial charge >= 0.3 is 0 Å². The Balaban J connectivity index is 2.02. The molecule has 5 heteroatoms. The Morgan fingerprint density at radius 3 is 2.88 bits per heavy atom. The number of nitrogens with zero attached hydrogens (tertiary/aromatic N) is 3. The predicted octanol–water partition coefficient (Wildman–Crippen LogP) is 1.94. The largest absolute Gasteiger partial charge is 0.481 e. The number of aromatic nitrogens is 2. The van der Waals surface area contributed by atoms with E-state index in [1.54, 1.807) is 19.4 Å². The molecule has 2 rings (SSSR count). The van der Waals surface area contributed by atoms with Gasteiger partial charge in [-0.05, 0) is 18.8 Å². The molecule has 0 spiro atoms. The third kappa shape index (κ3) is 2.55. The average molecular weight is 242 g/mol. The minimum atomic E-state index is 0.615. The summed E-state index contributed by atoms with van der Waals surface area (Å²) in [6.45, 7) is 1.95. The van der Waals surface area contributed by atoms with E-state index in [1.165, 1.54) is 0 Å². The SMILES string of the molecule is COc1ccnc(N2CCC(CCl)CC2)n1. The summed E-state index contributed by atoms with van der Waals surface area (Å²) in [4.78, 5) is 10.8. The van der Waals surface area contributed by atoms with Crippen LogP contribution in [0.5, 0.6) is 5.88 Å². The van der Waals surface area contributed by atoms with Gasteiger partial charge in [-0.25, -0.2) is 4.98 Å². The zero-order valence-corrected chi connectivity index (χ0v) is 10.2. The van der Waals surface area contributed by atoms with Crippen molar-refractivity contribution in [3.8, 4) is 5.88 Å². The number of hydrogen-bond donors (Lipinski definition) is 0. The Kier molecular flexibility index (Phi) is 3.83. The first kappa shape index (κ1) is 11.5. The van der Waals surface area contributed by atoms with Gasteiger partial charge in [-0.3, -0.25) is 0 Å². The van der Waals surface area contributed by atoms with Gasteiger partial charge in [0.2, 0.25) is 11.8 Å². The molecule has 0 N–H and O–H groups in total. The maximum Gasteiger partial charge on any atom is 0.228 e. The van der Waals surface area contributed by atoms with Crippen molar-refractivity contribution in [1.82, 2.24) is 9.97 Å². The van der Waals surface area contributed by atoms with Crippen molar-refractivity contribution in [2.45, 2.75) is 12.8 Å². The Morgan fingerprint density at radius 2 is 2.25 bits per heavy atom. The van der Waals surface area contributed by atoms with E-state index in [9.17, 15) is 0 Å². The molecule has 88 valence electrons. The number of alkyl halides is 1. The zero-order valence-electron chi connectivity index (χ0n) is 9.40. The third-order valence-electron chi connectivity index (χ3n) is 2.94. The van der Waals surface area contributed by atoms with E-state index in [4.69, 9.17) is 16.3 Å². The molecule has 1 aliphatic heterocycles. The lowest BCUT2D eigenvalue weighted by atomic mass is 9.99. The second kappa shape index (κ2) is 5.34. The Bertz CT molecular complexity index is 340. The van der Waals surface area contributed by atoms with Gasteiger partial charge in [0.25, 0.3) is 0 Å². The average Bonchev–Trinajstić information content (AvgIpc) is 2.39. The zero-order chi connectivity index (χ0) is 11.4. The molecule has 1 fully saturated rings. The van der Waals surface area contributed by atoms with Gasteiger partial charge in [0, 0.05) is 31.2 Å². The number of piperidine rings is 1. The monoisotopic (exact) mass is 241 g/mol. The number of ether oxygens (including phenoxy) is 1. The molecule has 1 aliphatic rings. The van der Waals surface area contributed by atoms with Gasteiger partial charge in [-0.1, -0.05) is 0 Å². The van der Waals surface area contributed by atoms with E-state index in [0.717, 1.165) is 37.8 Å². The van der Waals surface area contributed by atoms with Crippen molar-refractivity contribution < 1.29 is 4.74 Å². The summed E-state index contributed by atoms with van der Waals surface area (Å²) in [5.74, 6) is 2.77. The lowest BCUT2D eigenvalue weighted by Crippen LogP contribution is -2.35.